The summed E-state index contributed by atoms with van der Waals surface area (Å²) in [5.74, 6) is -25.9. The van der Waals surface area contributed by atoms with Gasteiger partial charge >= 0.3 is 0 Å². The highest BCUT2D eigenvalue weighted by Crippen LogP contribution is 2.28. The highest BCUT2D eigenvalue weighted by atomic mass is 32.1. The van der Waals surface area contributed by atoms with Gasteiger partial charge in [0.2, 0.25) is 47.3 Å². The van der Waals surface area contributed by atoms with E-state index in [1.807, 2.05) is 32.0 Å². The Bertz CT molecular complexity index is 4840. The summed E-state index contributed by atoms with van der Waals surface area (Å²) in [6.45, 7) is 5.96. The summed E-state index contributed by atoms with van der Waals surface area (Å²) in [4.78, 5) is 224. The molecule has 1 unspecified atom stereocenters. The van der Waals surface area contributed by atoms with Gasteiger partial charge < -0.3 is 164 Å². The summed E-state index contributed by atoms with van der Waals surface area (Å²) in [7, 11) is 0. The average Bonchev–Trinajstić information content (AvgIpc) is 1.66. The van der Waals surface area contributed by atoms with E-state index in [-0.39, 0.29) is 230 Å². The van der Waals surface area contributed by atoms with Crippen molar-refractivity contribution in [2.45, 2.75) is 256 Å². The Kier molecular flexibility index (Phi) is 63.5. The van der Waals surface area contributed by atoms with E-state index in [9.17, 15) is 38.7 Å². The SMILES string of the molecule is CC(C)C[C@H](NC(=O)C(C)C)C(=O)C[C@@H](Cc1c[nH]c2ccccc12)C(=O)NC(CCCNC(=N)N)C(=O)C[C@H](CO)C(=O)N[C@H](CCCNC(=N)N)C(=O)C[C@H](CCCNC(=N)N)C(=O)N[C@H](CCCNC(=N)N)C(=O)C[C@H](CCCNC(=N)N)C(=O)N[C@H](CCCNC(=N)N)C(=O)C[C@H](CCCNC(=N)N)C(=O)N[C@H](CCCNC(=N)N)C(=O)C[C@H](CCCNC(=N)N)C(=O)N[C@H](CCCNC(=N)N)C(=O)C[C@H](CS)C(N)=O. The van der Waals surface area contributed by atoms with Crippen LogP contribution < -0.4 is 153 Å². The third-order valence-corrected chi connectivity index (χ3v) is 25.0. The molecule has 840 valence electrons. The lowest BCUT2D eigenvalue weighted by Crippen LogP contribution is -2.50. The van der Waals surface area contributed by atoms with E-state index in [0.29, 0.717) is 5.56 Å². The molecule has 14 atom stereocenters. The number of benzene rings is 1. The second-order valence-corrected chi connectivity index (χ2v) is 38.3. The van der Waals surface area contributed by atoms with Crippen molar-refractivity contribution in [3.63, 3.8) is 0 Å². The minimum absolute atomic E-state index is 0.00203. The Morgan fingerprint density at radius 2 is 0.507 bits per heavy atom. The predicted molar refractivity (Wildman–Crippen MR) is 573 cm³/mol. The van der Waals surface area contributed by atoms with Gasteiger partial charge in [-0.05, 0) is 159 Å². The first kappa shape index (κ1) is 131. The standard InChI is InChI=1S/C94H167N39O16S/c1-51(2)39-69(133-78(143)52(3)4)76(141)45-57(40-58-48-126-62-22-6-5-21-61(58)62)83(148)131-67(27-15-37-124-93(112)113)74(139)46-59(49-134)84(149)132-66(26-14-36-123-92(110)111)73(138)44-56(20-10-32-119-88(102)103)81(146)129-64(24-12-34-121-90(106)107)71(136)42-54(18-8-30-117-86(98)99)79(144)127-63(23-11-33-120-89(104)105)70(135)41-53(17-7-29-116-85(96)97)80(145)128-65(25-13-35-122-91(108)109)72(137)43-55(19-9-31-118-87(100)101)82(147)130-68(28-16-38-125-94(114)115)75(140)47-60(50-150)77(95)142/h5-6,21-22,48,51-57,59-60,63-69,126,134,150H,7-20,23-47,49-50H2,1-4H3,(H2,95,142)(H,127,144)(H,128,145)(H,129,146)(H,130,147)(H,131,148)(H,132,149)(H,133,143)(H4,96,97,116)(H4,98,99,117)(H4,100,101,118)(H4,102,103,119)(H4,104,105,120)(H4,106,107,121)(H4,108,109,122)(H4,110,111,123)(H4,112,113,124)(H4,114,115,125)/t53-,54-,55-,56-,57+,59+,60+,63+,64+,65+,66+,67?,68+,69-/m0/s1. The van der Waals surface area contributed by atoms with Gasteiger partial charge in [0, 0.05) is 169 Å². The summed E-state index contributed by atoms with van der Waals surface area (Å²) < 4.78 is 0. The third kappa shape index (κ3) is 56.4. The van der Waals surface area contributed by atoms with E-state index in [2.05, 4.69) is 108 Å². The van der Waals surface area contributed by atoms with Gasteiger partial charge in [-0.15, -0.1) is 0 Å². The van der Waals surface area contributed by atoms with Crippen LogP contribution in [0.1, 0.15) is 213 Å². The number of aromatic amines is 1. The number of rotatable bonds is 82. The highest BCUT2D eigenvalue weighted by Gasteiger charge is 2.40. The number of fused-ring (bicyclic) bond motifs is 1. The molecule has 150 heavy (non-hydrogen) atoms. The zero-order valence-corrected chi connectivity index (χ0v) is 87.4. The Morgan fingerprint density at radius 1 is 0.293 bits per heavy atom. The van der Waals surface area contributed by atoms with Crippen LogP contribution in [0.3, 0.4) is 0 Å². The van der Waals surface area contributed by atoms with Gasteiger partial charge in [0.1, 0.15) is 0 Å². The molecule has 8 amide bonds. The molecule has 2 aromatic rings. The van der Waals surface area contributed by atoms with Crippen molar-refractivity contribution in [3.05, 3.63) is 36.0 Å². The molecule has 55 nitrogen and oxygen atoms in total. The molecular formula is C94H167N39O16S. The molecule has 1 heterocycles. The van der Waals surface area contributed by atoms with Crippen LogP contribution in [0.5, 0.6) is 0 Å². The van der Waals surface area contributed by atoms with Crippen LogP contribution >= 0.6 is 12.6 Å². The molecule has 0 saturated heterocycles. The van der Waals surface area contributed by atoms with Gasteiger partial charge in [0.05, 0.1) is 60.7 Å². The van der Waals surface area contributed by atoms with Crippen LogP contribution in [-0.4, -0.2) is 278 Å². The number of thiol groups is 1. The number of primary amides is 1. The largest absolute Gasteiger partial charge is 0.396 e. The number of para-hydroxylation sites is 1. The van der Waals surface area contributed by atoms with Gasteiger partial charge in [-0.2, -0.15) is 12.6 Å². The van der Waals surface area contributed by atoms with Crippen molar-refractivity contribution in [1.29, 1.82) is 54.1 Å². The highest BCUT2D eigenvalue weighted by molar-refractivity contribution is 7.80. The Labute approximate surface area is 879 Å². The number of nitrogens with one attached hydrogen (secondary N) is 28. The number of aliphatic hydroxyl groups is 1. The van der Waals surface area contributed by atoms with E-state index < -0.39 is 277 Å². The smallest absolute Gasteiger partial charge is 0.226 e. The Morgan fingerprint density at radius 3 is 0.740 bits per heavy atom. The maximum atomic E-state index is 15.4. The fourth-order valence-electron chi connectivity index (χ4n) is 16.5. The summed E-state index contributed by atoms with van der Waals surface area (Å²) >= 11 is 4.18. The topological polar surface area (TPSA) is 1020 Å². The van der Waals surface area contributed by atoms with Crippen LogP contribution in [-0.2, 0) is 78.3 Å². The predicted octanol–water partition coefficient (Wildman–Crippen LogP) is -5.13. The maximum Gasteiger partial charge on any atom is 0.226 e. The van der Waals surface area contributed by atoms with E-state index in [1.165, 1.54) is 0 Å². The second kappa shape index (κ2) is 72.5. The van der Waals surface area contributed by atoms with Gasteiger partial charge in [-0.25, -0.2) is 0 Å². The zero-order valence-electron chi connectivity index (χ0n) is 86.5. The molecule has 56 heteroatoms. The second-order valence-electron chi connectivity index (χ2n) is 37.9. The number of amides is 8. The van der Waals surface area contributed by atoms with Gasteiger partial charge in [0.15, 0.2) is 100 Å². The summed E-state index contributed by atoms with van der Waals surface area (Å²) in [5.41, 5.74) is 63.2. The molecule has 0 saturated carbocycles. The molecule has 0 aliphatic carbocycles. The monoisotopic (exact) mass is 2130 g/mol. The van der Waals surface area contributed by atoms with E-state index in [4.69, 9.17) is 117 Å². The van der Waals surface area contributed by atoms with Crippen LogP contribution in [0, 0.1) is 107 Å². The van der Waals surface area contributed by atoms with E-state index in [1.54, 1.807) is 26.1 Å². The van der Waals surface area contributed by atoms with E-state index >= 15 is 38.4 Å². The van der Waals surface area contributed by atoms with Crippen molar-refractivity contribution in [2.24, 2.45) is 116 Å². The lowest BCUT2D eigenvalue weighted by Gasteiger charge is -2.27. The third-order valence-electron chi connectivity index (χ3n) is 24.6. The number of carbonyl (C=O) groups is 15. The summed E-state index contributed by atoms with van der Waals surface area (Å²) in [6, 6.07) is -2.52. The van der Waals surface area contributed by atoms with Crippen LogP contribution in [0.15, 0.2) is 30.5 Å². The number of guanidine groups is 10. The molecule has 1 aromatic heterocycles. The van der Waals surface area contributed by atoms with Crippen LogP contribution in [0.25, 0.3) is 10.9 Å². The number of aromatic nitrogens is 1. The van der Waals surface area contributed by atoms with Crippen molar-refractivity contribution in [2.75, 3.05) is 77.8 Å². The molecule has 1 aromatic carbocycles. The number of hydrogen-bond acceptors (Lipinski definition) is 27. The molecule has 2 rings (SSSR count). The van der Waals surface area contributed by atoms with Crippen molar-refractivity contribution >= 4 is 171 Å². The fourth-order valence-corrected chi connectivity index (χ4v) is 16.8. The maximum absolute atomic E-state index is 15.4. The Hall–Kier alpha value is -14.8. The average molecular weight is 2130 g/mol. The fraction of sp³-hybridized carbons (Fsp3) is 0.649. The normalized spacial score (nSPS) is 13.9. The van der Waals surface area contributed by atoms with Gasteiger partial charge in [-0.1, -0.05) is 45.9 Å². The quantitative estimate of drug-likeness (QED) is 0.0127. The number of nitrogens with two attached hydrogens (primary N) is 11. The van der Waals surface area contributed by atoms with Gasteiger partial charge in [-0.3, -0.25) is 126 Å². The van der Waals surface area contributed by atoms with Crippen LogP contribution in [0.2, 0.25) is 0 Å². The zero-order chi connectivity index (χ0) is 113. The first-order chi connectivity index (χ1) is 70.9. The number of H-pyrrole nitrogens is 1. The summed E-state index contributed by atoms with van der Waals surface area (Å²) in [6.07, 6.45) is -3.55. The number of hydrogen-bond donors (Lipinski definition) is 41. The minimum atomic E-state index is -1.64. The molecule has 0 spiro atoms. The van der Waals surface area contributed by atoms with Crippen molar-refractivity contribution in [3.8, 4) is 0 Å². The first-order valence-electron chi connectivity index (χ1n) is 50.5. The van der Waals surface area contributed by atoms with E-state index in [0.717, 1.165) is 10.9 Å². The van der Waals surface area contributed by atoms with Crippen LogP contribution in [0.4, 0.5) is 0 Å². The number of Topliss-reactive ketones (excluding diaryl/α,β-unsaturated/α-hetero) is 7. The van der Waals surface area contributed by atoms with Gasteiger partial charge in [0.25, 0.3) is 0 Å². The molecule has 0 radical (unpaired) electrons. The molecule has 0 fully saturated rings. The van der Waals surface area contributed by atoms with Crippen molar-refractivity contribution < 1.29 is 77.0 Å². The molecule has 51 N–H and O–H groups in total. The molecular weight excluding hydrogens is 1960 g/mol. The molecule has 0 aliphatic heterocycles. The molecule has 0 bridgehead atoms. The Balaban J connectivity index is 2.92. The number of aliphatic hydroxyl groups excluding tert-OH is 1. The lowest BCUT2D eigenvalue weighted by atomic mass is 9.88. The number of carbonyl (C=O) groups excluding carboxylic acids is 15. The number of ketones is 7. The minimum Gasteiger partial charge on any atom is -0.396 e. The van der Waals surface area contributed by atoms with Crippen molar-refractivity contribution in [1.82, 2.24) is 95.4 Å². The lowest BCUT2D eigenvalue weighted by molar-refractivity contribution is -0.137. The first-order valence-corrected chi connectivity index (χ1v) is 51.2. The summed E-state index contributed by atoms with van der Waals surface area (Å²) in [5, 5.41) is 136. The molecule has 0 aliphatic rings.